The predicted octanol–water partition coefficient (Wildman–Crippen LogP) is -1.04. The Bertz CT molecular complexity index is 395. The molecule has 1 rings (SSSR count). The van der Waals surface area contributed by atoms with Crippen LogP contribution in [0.1, 0.15) is 12.8 Å². The Morgan fingerprint density at radius 1 is 1.13 bits per heavy atom. The van der Waals surface area contributed by atoms with Gasteiger partial charge in [0.05, 0.1) is 12.0 Å². The first kappa shape index (κ1) is 12.9. The van der Waals surface area contributed by atoms with Crippen LogP contribution in [0.2, 0.25) is 0 Å². The molecule has 1 aliphatic heterocycles. The van der Waals surface area contributed by atoms with Gasteiger partial charge in [0.2, 0.25) is 20.0 Å². The highest BCUT2D eigenvalue weighted by molar-refractivity contribution is 8.04. The van der Waals surface area contributed by atoms with Gasteiger partial charge < -0.3 is 4.90 Å². The molecule has 0 unspecified atom stereocenters. The Balaban J connectivity index is 2.42. The molecule has 6 nitrogen and oxygen atoms in total. The molecule has 1 heterocycles. The topological polar surface area (TPSA) is 83.5 Å². The maximum atomic E-state index is 11.3. The molecule has 0 spiro atoms. The Morgan fingerprint density at radius 3 is 2.13 bits per heavy atom. The van der Waals surface area contributed by atoms with Crippen molar-refractivity contribution in [1.29, 1.82) is 0 Å². The van der Waals surface area contributed by atoms with E-state index in [9.17, 15) is 16.8 Å². The quantitative estimate of drug-likeness (QED) is 0.679. The standard InChI is InChI=1S/C7H16N2O4S2/c1-14(10,11)8-15(12,13)7-6-9-4-2-3-5-9/h8H,2-7H2,1H3. The van der Waals surface area contributed by atoms with E-state index in [1.807, 2.05) is 4.90 Å². The third-order valence-corrected chi connectivity index (χ3v) is 5.10. The lowest BCUT2D eigenvalue weighted by atomic mass is 10.4. The molecule has 8 heteroatoms. The molecule has 0 aromatic rings. The molecule has 1 fully saturated rings. The van der Waals surface area contributed by atoms with E-state index in [2.05, 4.69) is 0 Å². The van der Waals surface area contributed by atoms with Crippen molar-refractivity contribution in [2.75, 3.05) is 31.6 Å². The molecule has 1 aliphatic rings. The zero-order chi connectivity index (χ0) is 11.5. The van der Waals surface area contributed by atoms with Crippen LogP contribution in [-0.4, -0.2) is 53.4 Å². The Labute approximate surface area is 90.8 Å². The van der Waals surface area contributed by atoms with Gasteiger partial charge in [-0.15, -0.1) is 4.13 Å². The van der Waals surface area contributed by atoms with Crippen LogP contribution in [0.4, 0.5) is 0 Å². The zero-order valence-corrected chi connectivity index (χ0v) is 10.3. The molecule has 0 atom stereocenters. The number of nitrogens with one attached hydrogen (secondary N) is 1. The smallest absolute Gasteiger partial charge is 0.225 e. The fraction of sp³-hybridized carbons (Fsp3) is 1.00. The molecule has 0 bridgehead atoms. The second-order valence-corrected chi connectivity index (χ2v) is 7.57. The van der Waals surface area contributed by atoms with Gasteiger partial charge in [-0.05, 0) is 25.9 Å². The average Bonchev–Trinajstić information content (AvgIpc) is 2.47. The lowest BCUT2D eigenvalue weighted by Crippen LogP contribution is -2.36. The maximum Gasteiger partial charge on any atom is 0.225 e. The zero-order valence-electron chi connectivity index (χ0n) is 8.64. The molecule has 0 aromatic heterocycles. The van der Waals surface area contributed by atoms with E-state index < -0.39 is 20.0 Å². The maximum absolute atomic E-state index is 11.3. The van der Waals surface area contributed by atoms with Crippen LogP contribution < -0.4 is 4.13 Å². The first-order valence-corrected chi connectivity index (χ1v) is 8.26. The van der Waals surface area contributed by atoms with Crippen molar-refractivity contribution in [3.63, 3.8) is 0 Å². The van der Waals surface area contributed by atoms with E-state index >= 15 is 0 Å². The molecule has 1 N–H and O–H groups in total. The second-order valence-electron chi connectivity index (χ2n) is 3.72. The third kappa shape index (κ3) is 5.45. The van der Waals surface area contributed by atoms with Crippen molar-refractivity contribution >= 4 is 20.0 Å². The SMILES string of the molecule is CS(=O)(=O)NS(=O)(=O)CCN1CCCC1. The fourth-order valence-electron chi connectivity index (χ4n) is 1.53. The number of rotatable bonds is 5. The van der Waals surface area contributed by atoms with Crippen LogP contribution >= 0.6 is 0 Å². The summed E-state index contributed by atoms with van der Waals surface area (Å²) in [6.45, 7) is 2.19. The van der Waals surface area contributed by atoms with Crippen LogP contribution in [0.5, 0.6) is 0 Å². The van der Waals surface area contributed by atoms with Crippen LogP contribution in [0.3, 0.4) is 0 Å². The number of likely N-dealkylation sites (tertiary alicyclic amines) is 1. The summed E-state index contributed by atoms with van der Waals surface area (Å²) in [5, 5.41) is 0. The minimum absolute atomic E-state index is 0.167. The van der Waals surface area contributed by atoms with Gasteiger partial charge in [-0.3, -0.25) is 0 Å². The number of hydrogen-bond acceptors (Lipinski definition) is 5. The van der Waals surface area contributed by atoms with Crippen molar-refractivity contribution < 1.29 is 16.8 Å². The fourth-order valence-corrected chi connectivity index (χ4v) is 4.20. The van der Waals surface area contributed by atoms with Gasteiger partial charge in [-0.25, -0.2) is 16.8 Å². The van der Waals surface area contributed by atoms with Gasteiger partial charge in [0.25, 0.3) is 0 Å². The van der Waals surface area contributed by atoms with Gasteiger partial charge in [0.1, 0.15) is 0 Å². The van der Waals surface area contributed by atoms with Crippen LogP contribution in [0.15, 0.2) is 0 Å². The summed E-state index contributed by atoms with van der Waals surface area (Å²) in [6, 6.07) is 0. The monoisotopic (exact) mass is 256 g/mol. The van der Waals surface area contributed by atoms with E-state index in [1.165, 1.54) is 0 Å². The van der Waals surface area contributed by atoms with Gasteiger partial charge in [0, 0.05) is 6.54 Å². The van der Waals surface area contributed by atoms with Crippen LogP contribution in [0.25, 0.3) is 0 Å². The molecule has 15 heavy (non-hydrogen) atoms. The van der Waals surface area contributed by atoms with Crippen molar-refractivity contribution in [3.05, 3.63) is 0 Å². The third-order valence-electron chi connectivity index (χ3n) is 2.15. The molecule has 0 aromatic carbocycles. The van der Waals surface area contributed by atoms with Crippen LogP contribution in [-0.2, 0) is 20.0 Å². The van der Waals surface area contributed by atoms with Gasteiger partial charge in [0.15, 0.2) is 0 Å². The molecule has 0 radical (unpaired) electrons. The molecule has 1 saturated heterocycles. The summed E-state index contributed by atoms with van der Waals surface area (Å²) in [7, 11) is -7.39. The molecule has 90 valence electrons. The molecule has 0 aliphatic carbocycles. The minimum atomic E-state index is -3.71. The highest BCUT2D eigenvalue weighted by Crippen LogP contribution is 2.06. The normalized spacial score (nSPS) is 19.5. The predicted molar refractivity (Wildman–Crippen MR) is 57.4 cm³/mol. The highest BCUT2D eigenvalue weighted by Gasteiger charge is 2.19. The number of sulfonamides is 2. The van der Waals surface area contributed by atoms with Crippen LogP contribution in [0, 0.1) is 0 Å². The van der Waals surface area contributed by atoms with Crippen molar-refractivity contribution in [2.45, 2.75) is 12.8 Å². The Morgan fingerprint density at radius 2 is 1.67 bits per heavy atom. The number of nitrogens with zero attached hydrogens (tertiary/aromatic N) is 1. The van der Waals surface area contributed by atoms with Crippen molar-refractivity contribution in [1.82, 2.24) is 9.03 Å². The molecule has 0 amide bonds. The van der Waals surface area contributed by atoms with Gasteiger partial charge >= 0.3 is 0 Å². The van der Waals surface area contributed by atoms with E-state index in [-0.39, 0.29) is 5.75 Å². The lowest BCUT2D eigenvalue weighted by Gasteiger charge is -2.13. The Kier molecular flexibility index (Phi) is 4.10. The Hall–Kier alpha value is -0.180. The summed E-state index contributed by atoms with van der Waals surface area (Å²) >= 11 is 0. The molecule has 0 saturated carbocycles. The highest BCUT2D eigenvalue weighted by atomic mass is 32.3. The lowest BCUT2D eigenvalue weighted by molar-refractivity contribution is 0.359. The summed E-state index contributed by atoms with van der Waals surface area (Å²) < 4.78 is 45.7. The summed E-state index contributed by atoms with van der Waals surface area (Å²) in [4.78, 5) is 2.02. The van der Waals surface area contributed by atoms with E-state index in [0.717, 1.165) is 32.2 Å². The minimum Gasteiger partial charge on any atom is -0.302 e. The molecular weight excluding hydrogens is 240 g/mol. The van der Waals surface area contributed by atoms with E-state index in [1.54, 1.807) is 4.13 Å². The first-order chi connectivity index (χ1) is 6.79. The average molecular weight is 256 g/mol. The van der Waals surface area contributed by atoms with E-state index in [0.29, 0.717) is 6.54 Å². The van der Waals surface area contributed by atoms with E-state index in [4.69, 9.17) is 0 Å². The first-order valence-electron chi connectivity index (χ1n) is 4.72. The molecular formula is C7H16N2O4S2. The van der Waals surface area contributed by atoms with Crippen molar-refractivity contribution in [3.8, 4) is 0 Å². The van der Waals surface area contributed by atoms with Gasteiger partial charge in [-0.2, -0.15) is 0 Å². The van der Waals surface area contributed by atoms with Gasteiger partial charge in [-0.1, -0.05) is 0 Å². The second kappa shape index (κ2) is 4.77. The largest absolute Gasteiger partial charge is 0.302 e. The van der Waals surface area contributed by atoms with Crippen molar-refractivity contribution in [2.24, 2.45) is 0 Å². The summed E-state index contributed by atoms with van der Waals surface area (Å²) in [6.07, 6.45) is 3.00. The number of hydrogen-bond donors (Lipinski definition) is 1. The summed E-state index contributed by atoms with van der Waals surface area (Å²) in [5.41, 5.74) is 0. The summed E-state index contributed by atoms with van der Waals surface area (Å²) in [5.74, 6) is -0.167.